The normalized spacial score (nSPS) is 23.3. The summed E-state index contributed by atoms with van der Waals surface area (Å²) in [7, 11) is 0. The number of fused-ring (bicyclic) bond motifs is 1. The van der Waals surface area contributed by atoms with E-state index in [1.807, 2.05) is 0 Å². The van der Waals surface area contributed by atoms with Gasteiger partial charge in [-0.05, 0) is 55.6 Å². The summed E-state index contributed by atoms with van der Waals surface area (Å²) in [5, 5.41) is 9.29. The smallest absolute Gasteiger partial charge is 0.341 e. The minimum absolute atomic E-state index is 0.0273. The largest absolute Gasteiger partial charge is 0.477 e. The number of carbonyl (C=O) groups is 1. The van der Waals surface area contributed by atoms with Crippen molar-refractivity contribution in [2.24, 2.45) is 5.73 Å². The van der Waals surface area contributed by atoms with Gasteiger partial charge in [0.1, 0.15) is 11.4 Å². The van der Waals surface area contributed by atoms with Crippen molar-refractivity contribution in [2.45, 2.75) is 50.0 Å². The second-order valence-corrected chi connectivity index (χ2v) is 7.19. The fourth-order valence-electron chi connectivity index (χ4n) is 4.06. The minimum atomic E-state index is -1.31. The predicted octanol–water partition coefficient (Wildman–Crippen LogP) is 2.19. The summed E-state index contributed by atoms with van der Waals surface area (Å²) in [6.07, 6.45) is 5.14. The standard InChI is InChI=1S/C18H20FN3O3/c19-13-7-22-16(15(21)14(13)9-3-4-10(20)5-9)11(8-1-2-8)6-12(17(22)23)18(24)25/h6-10H,1-5,20-21H2,(H,24,25)/t9?,10-/m0/s1. The molecule has 2 aliphatic rings. The number of rotatable bonds is 3. The number of nitrogens with zero attached hydrogens (tertiary/aromatic N) is 1. The molecule has 0 aliphatic heterocycles. The van der Waals surface area contributed by atoms with E-state index in [9.17, 15) is 19.1 Å². The van der Waals surface area contributed by atoms with E-state index in [-0.39, 0.29) is 29.1 Å². The van der Waals surface area contributed by atoms with E-state index in [4.69, 9.17) is 11.5 Å². The lowest BCUT2D eigenvalue weighted by molar-refractivity contribution is 0.0694. The summed E-state index contributed by atoms with van der Waals surface area (Å²) in [6, 6.07) is 1.44. The Morgan fingerprint density at radius 1 is 1.24 bits per heavy atom. The lowest BCUT2D eigenvalue weighted by atomic mass is 9.93. The van der Waals surface area contributed by atoms with Crippen molar-refractivity contribution in [3.05, 3.63) is 45.1 Å². The molecule has 2 heterocycles. The zero-order chi connectivity index (χ0) is 17.9. The fourth-order valence-corrected chi connectivity index (χ4v) is 4.06. The molecule has 4 rings (SSSR count). The summed E-state index contributed by atoms with van der Waals surface area (Å²) >= 11 is 0. The fraction of sp³-hybridized carbons (Fsp3) is 0.444. The Bertz CT molecular complexity index is 949. The van der Waals surface area contributed by atoms with Crippen LogP contribution >= 0.6 is 0 Å². The summed E-state index contributed by atoms with van der Waals surface area (Å²) in [4.78, 5) is 23.9. The highest BCUT2D eigenvalue weighted by molar-refractivity contribution is 5.90. The molecule has 0 aromatic carbocycles. The van der Waals surface area contributed by atoms with Crippen molar-refractivity contribution in [1.82, 2.24) is 4.40 Å². The maximum Gasteiger partial charge on any atom is 0.341 e. The maximum absolute atomic E-state index is 14.8. The van der Waals surface area contributed by atoms with Crippen LogP contribution in [0.15, 0.2) is 17.1 Å². The third-order valence-electron chi connectivity index (χ3n) is 5.44. The maximum atomic E-state index is 14.8. The predicted molar refractivity (Wildman–Crippen MR) is 91.5 cm³/mol. The highest BCUT2D eigenvalue weighted by Crippen LogP contribution is 2.45. The van der Waals surface area contributed by atoms with Gasteiger partial charge in [-0.15, -0.1) is 0 Å². The first-order valence-corrected chi connectivity index (χ1v) is 8.54. The van der Waals surface area contributed by atoms with Crippen LogP contribution in [0.2, 0.25) is 0 Å². The second kappa shape index (κ2) is 5.56. The quantitative estimate of drug-likeness (QED) is 0.790. The monoisotopic (exact) mass is 345 g/mol. The van der Waals surface area contributed by atoms with E-state index in [2.05, 4.69) is 0 Å². The van der Waals surface area contributed by atoms with Crippen molar-refractivity contribution in [1.29, 1.82) is 0 Å². The Morgan fingerprint density at radius 2 is 1.92 bits per heavy atom. The first kappa shape index (κ1) is 16.1. The summed E-state index contributed by atoms with van der Waals surface area (Å²) < 4.78 is 15.9. The lowest BCUT2D eigenvalue weighted by Gasteiger charge is -2.19. The average Bonchev–Trinajstić information content (AvgIpc) is 3.30. The van der Waals surface area contributed by atoms with Crippen LogP contribution in [0.4, 0.5) is 10.1 Å². The molecule has 2 aromatic heterocycles. The first-order chi connectivity index (χ1) is 11.9. The Labute approximate surface area is 143 Å². The number of halogens is 1. The van der Waals surface area contributed by atoms with E-state index >= 15 is 0 Å². The van der Waals surface area contributed by atoms with Crippen molar-refractivity contribution >= 4 is 17.2 Å². The van der Waals surface area contributed by atoms with Gasteiger partial charge in [0, 0.05) is 17.8 Å². The Hall–Kier alpha value is -2.41. The summed E-state index contributed by atoms with van der Waals surface area (Å²) in [6.45, 7) is 0. The van der Waals surface area contributed by atoms with E-state index in [0.29, 0.717) is 17.5 Å². The van der Waals surface area contributed by atoms with Gasteiger partial charge in [0.25, 0.3) is 5.56 Å². The third kappa shape index (κ3) is 2.50. The topological polar surface area (TPSA) is 111 Å². The van der Waals surface area contributed by atoms with Gasteiger partial charge in [0.05, 0.1) is 11.2 Å². The molecule has 2 aliphatic carbocycles. The molecular formula is C18H20FN3O3. The molecule has 0 radical (unpaired) electrons. The number of nitrogen functional groups attached to an aromatic ring is 1. The van der Waals surface area contributed by atoms with Gasteiger partial charge >= 0.3 is 5.97 Å². The number of anilines is 1. The molecule has 0 bridgehead atoms. The third-order valence-corrected chi connectivity index (χ3v) is 5.44. The van der Waals surface area contributed by atoms with Gasteiger partial charge in [0.15, 0.2) is 0 Å². The number of hydrogen-bond donors (Lipinski definition) is 3. The van der Waals surface area contributed by atoms with Crippen LogP contribution in [0, 0.1) is 5.82 Å². The van der Waals surface area contributed by atoms with Crippen molar-refractivity contribution in [2.75, 3.05) is 5.73 Å². The first-order valence-electron chi connectivity index (χ1n) is 8.54. The van der Waals surface area contributed by atoms with Gasteiger partial charge in [0.2, 0.25) is 0 Å². The van der Waals surface area contributed by atoms with E-state index in [1.165, 1.54) is 6.07 Å². The van der Waals surface area contributed by atoms with Crippen molar-refractivity contribution in [3.8, 4) is 0 Å². The minimum Gasteiger partial charge on any atom is -0.477 e. The number of pyridine rings is 2. The molecule has 0 spiro atoms. The molecule has 6 nitrogen and oxygen atoms in total. The molecule has 2 aromatic rings. The second-order valence-electron chi connectivity index (χ2n) is 7.19. The highest BCUT2D eigenvalue weighted by atomic mass is 19.1. The highest BCUT2D eigenvalue weighted by Gasteiger charge is 2.33. The van der Waals surface area contributed by atoms with Crippen LogP contribution in [0.25, 0.3) is 5.52 Å². The molecule has 0 saturated heterocycles. The molecule has 7 heteroatoms. The van der Waals surface area contributed by atoms with Gasteiger partial charge in [-0.1, -0.05) is 0 Å². The number of aromatic nitrogens is 1. The van der Waals surface area contributed by atoms with E-state index in [0.717, 1.165) is 41.8 Å². The number of hydrogen-bond acceptors (Lipinski definition) is 4. The molecular weight excluding hydrogens is 325 g/mol. The average molecular weight is 345 g/mol. The van der Waals surface area contributed by atoms with Crippen LogP contribution < -0.4 is 17.0 Å². The number of carboxylic acid groups (broad SMARTS) is 1. The van der Waals surface area contributed by atoms with E-state index < -0.39 is 17.3 Å². The summed E-state index contributed by atoms with van der Waals surface area (Å²) in [5.74, 6) is -1.79. The van der Waals surface area contributed by atoms with Gasteiger partial charge in [-0.25, -0.2) is 9.18 Å². The SMILES string of the molecule is Nc1c(C2CC[C@H](N)C2)c(F)cn2c(=O)c(C(=O)O)cc(C3CC3)c12. The molecule has 2 fully saturated rings. The molecule has 0 amide bonds. The molecule has 2 atom stereocenters. The number of aromatic carboxylic acids is 1. The number of carboxylic acids is 1. The lowest BCUT2D eigenvalue weighted by Crippen LogP contribution is -2.25. The summed E-state index contributed by atoms with van der Waals surface area (Å²) in [5.41, 5.74) is 13.0. The Morgan fingerprint density at radius 3 is 2.48 bits per heavy atom. The Kier molecular flexibility index (Phi) is 3.57. The van der Waals surface area contributed by atoms with Crippen LogP contribution in [-0.2, 0) is 0 Å². The molecule has 2 saturated carbocycles. The van der Waals surface area contributed by atoms with Crippen LogP contribution in [0.1, 0.15) is 65.4 Å². The number of nitrogens with two attached hydrogens (primary N) is 2. The van der Waals surface area contributed by atoms with Gasteiger partial charge in [-0.2, -0.15) is 0 Å². The van der Waals surface area contributed by atoms with Crippen LogP contribution in [-0.4, -0.2) is 21.5 Å². The zero-order valence-electron chi connectivity index (χ0n) is 13.7. The van der Waals surface area contributed by atoms with Gasteiger partial charge in [-0.3, -0.25) is 9.20 Å². The van der Waals surface area contributed by atoms with Crippen LogP contribution in [0.5, 0.6) is 0 Å². The molecule has 25 heavy (non-hydrogen) atoms. The molecule has 1 unspecified atom stereocenters. The van der Waals surface area contributed by atoms with E-state index in [1.54, 1.807) is 0 Å². The van der Waals surface area contributed by atoms with Crippen molar-refractivity contribution in [3.63, 3.8) is 0 Å². The van der Waals surface area contributed by atoms with Crippen molar-refractivity contribution < 1.29 is 14.3 Å². The van der Waals surface area contributed by atoms with Crippen LogP contribution in [0.3, 0.4) is 0 Å². The molecule has 132 valence electrons. The molecule has 5 N–H and O–H groups in total. The Balaban J connectivity index is 2.03. The zero-order valence-corrected chi connectivity index (χ0v) is 13.7. The van der Waals surface area contributed by atoms with Gasteiger partial charge < -0.3 is 16.6 Å².